The molecule has 4 nitrogen and oxygen atoms in total. The first-order valence-corrected chi connectivity index (χ1v) is 5.84. The quantitative estimate of drug-likeness (QED) is 0.864. The molecule has 2 rings (SSSR count). The SMILES string of the molecule is Cc1ccc(NC(=O)Cc2ccc(Cl)nc2)nc1. The molecule has 0 spiro atoms. The van der Waals surface area contributed by atoms with Crippen molar-refractivity contribution in [3.05, 3.63) is 52.9 Å². The van der Waals surface area contributed by atoms with E-state index in [0.717, 1.165) is 11.1 Å². The first-order valence-electron chi connectivity index (χ1n) is 5.46. The molecule has 0 aliphatic carbocycles. The summed E-state index contributed by atoms with van der Waals surface area (Å²) in [5.74, 6) is 0.419. The lowest BCUT2D eigenvalue weighted by molar-refractivity contribution is -0.115. The maximum atomic E-state index is 11.7. The van der Waals surface area contributed by atoms with Gasteiger partial charge in [-0.25, -0.2) is 9.97 Å². The lowest BCUT2D eigenvalue weighted by Gasteiger charge is -2.04. The van der Waals surface area contributed by atoms with Gasteiger partial charge in [0.2, 0.25) is 5.91 Å². The monoisotopic (exact) mass is 261 g/mol. The van der Waals surface area contributed by atoms with Gasteiger partial charge in [0, 0.05) is 12.4 Å². The Morgan fingerprint density at radius 3 is 2.67 bits per heavy atom. The molecule has 1 N–H and O–H groups in total. The number of aryl methyl sites for hydroxylation is 1. The van der Waals surface area contributed by atoms with E-state index in [1.165, 1.54) is 0 Å². The summed E-state index contributed by atoms with van der Waals surface area (Å²) >= 11 is 5.67. The minimum atomic E-state index is -0.129. The highest BCUT2D eigenvalue weighted by molar-refractivity contribution is 6.29. The summed E-state index contributed by atoms with van der Waals surface area (Å²) in [7, 11) is 0. The number of nitrogens with one attached hydrogen (secondary N) is 1. The fourth-order valence-electron chi connectivity index (χ4n) is 1.43. The standard InChI is InChI=1S/C13H12ClN3O/c1-9-2-5-12(16-7-9)17-13(18)6-10-3-4-11(14)15-8-10/h2-5,7-8H,6H2,1H3,(H,16,17,18). The van der Waals surface area contributed by atoms with Gasteiger partial charge in [0.25, 0.3) is 0 Å². The normalized spacial score (nSPS) is 10.1. The highest BCUT2D eigenvalue weighted by atomic mass is 35.5. The summed E-state index contributed by atoms with van der Waals surface area (Å²) in [6.07, 6.45) is 3.55. The van der Waals surface area contributed by atoms with Crippen LogP contribution in [-0.2, 0) is 11.2 Å². The molecule has 0 aliphatic rings. The van der Waals surface area contributed by atoms with Crippen molar-refractivity contribution < 1.29 is 4.79 Å². The minimum Gasteiger partial charge on any atom is -0.310 e. The Kier molecular flexibility index (Phi) is 3.89. The van der Waals surface area contributed by atoms with E-state index < -0.39 is 0 Å². The van der Waals surface area contributed by atoms with Crippen LogP contribution < -0.4 is 5.32 Å². The molecule has 1 amide bonds. The third-order valence-corrected chi connectivity index (χ3v) is 2.56. The minimum absolute atomic E-state index is 0.129. The smallest absolute Gasteiger partial charge is 0.230 e. The molecule has 2 aromatic rings. The highest BCUT2D eigenvalue weighted by Gasteiger charge is 2.05. The Morgan fingerprint density at radius 2 is 2.06 bits per heavy atom. The topological polar surface area (TPSA) is 54.9 Å². The van der Waals surface area contributed by atoms with E-state index >= 15 is 0 Å². The molecule has 0 saturated carbocycles. The zero-order valence-corrected chi connectivity index (χ0v) is 10.6. The molecule has 2 aromatic heterocycles. The molecule has 0 unspecified atom stereocenters. The van der Waals surface area contributed by atoms with Gasteiger partial charge in [-0.2, -0.15) is 0 Å². The van der Waals surface area contributed by atoms with Crippen LogP contribution in [0, 0.1) is 6.92 Å². The number of carbonyl (C=O) groups is 1. The van der Waals surface area contributed by atoms with E-state index in [9.17, 15) is 4.79 Å². The van der Waals surface area contributed by atoms with Crippen molar-refractivity contribution in [1.29, 1.82) is 0 Å². The van der Waals surface area contributed by atoms with Gasteiger partial charge < -0.3 is 5.32 Å². The van der Waals surface area contributed by atoms with Crippen LogP contribution in [0.1, 0.15) is 11.1 Å². The van der Waals surface area contributed by atoms with Gasteiger partial charge in [-0.05, 0) is 30.2 Å². The van der Waals surface area contributed by atoms with Crippen molar-refractivity contribution >= 4 is 23.3 Å². The lowest BCUT2D eigenvalue weighted by atomic mass is 10.2. The zero-order chi connectivity index (χ0) is 13.0. The van der Waals surface area contributed by atoms with Gasteiger partial charge in [-0.1, -0.05) is 23.7 Å². The molecule has 0 aliphatic heterocycles. The van der Waals surface area contributed by atoms with Crippen LogP contribution in [0.2, 0.25) is 5.15 Å². The molecule has 2 heterocycles. The van der Waals surface area contributed by atoms with E-state index in [2.05, 4.69) is 15.3 Å². The van der Waals surface area contributed by atoms with Crippen molar-refractivity contribution in [3.8, 4) is 0 Å². The third kappa shape index (κ3) is 3.53. The average Bonchev–Trinajstić information content (AvgIpc) is 2.35. The van der Waals surface area contributed by atoms with Crippen LogP contribution in [0.4, 0.5) is 5.82 Å². The Bertz CT molecular complexity index is 488. The van der Waals surface area contributed by atoms with E-state index in [1.807, 2.05) is 13.0 Å². The summed E-state index contributed by atoms with van der Waals surface area (Å²) in [6, 6.07) is 7.10. The molecule has 0 bridgehead atoms. The van der Waals surface area contributed by atoms with Crippen molar-refractivity contribution in [1.82, 2.24) is 9.97 Å². The van der Waals surface area contributed by atoms with Gasteiger partial charge in [-0.3, -0.25) is 4.79 Å². The fraction of sp³-hybridized carbons (Fsp3) is 0.154. The largest absolute Gasteiger partial charge is 0.310 e. The maximum absolute atomic E-state index is 11.7. The third-order valence-electron chi connectivity index (χ3n) is 2.33. The van der Waals surface area contributed by atoms with Gasteiger partial charge in [-0.15, -0.1) is 0 Å². The van der Waals surface area contributed by atoms with E-state index in [-0.39, 0.29) is 12.3 Å². The molecule has 18 heavy (non-hydrogen) atoms. The fourth-order valence-corrected chi connectivity index (χ4v) is 1.54. The molecule has 5 heteroatoms. The van der Waals surface area contributed by atoms with Crippen LogP contribution in [0.15, 0.2) is 36.7 Å². The number of anilines is 1. The number of pyridine rings is 2. The number of aromatic nitrogens is 2. The molecule has 0 fully saturated rings. The van der Waals surface area contributed by atoms with Crippen molar-refractivity contribution in [2.75, 3.05) is 5.32 Å². The zero-order valence-electron chi connectivity index (χ0n) is 9.85. The first kappa shape index (κ1) is 12.5. The van der Waals surface area contributed by atoms with Crippen molar-refractivity contribution in [3.63, 3.8) is 0 Å². The highest BCUT2D eigenvalue weighted by Crippen LogP contribution is 2.08. The number of halogens is 1. The second-order valence-electron chi connectivity index (χ2n) is 3.93. The Hall–Kier alpha value is -1.94. The van der Waals surface area contributed by atoms with E-state index in [4.69, 9.17) is 11.6 Å². The predicted molar refractivity (Wildman–Crippen MR) is 70.6 cm³/mol. The lowest BCUT2D eigenvalue weighted by Crippen LogP contribution is -2.15. The molecular weight excluding hydrogens is 250 g/mol. The second-order valence-corrected chi connectivity index (χ2v) is 4.32. The van der Waals surface area contributed by atoms with Crippen LogP contribution in [0.5, 0.6) is 0 Å². The average molecular weight is 262 g/mol. The Balaban J connectivity index is 1.96. The predicted octanol–water partition coefficient (Wildman–Crippen LogP) is 2.62. The van der Waals surface area contributed by atoms with Crippen LogP contribution in [-0.4, -0.2) is 15.9 Å². The molecule has 0 radical (unpaired) electrons. The first-order chi connectivity index (χ1) is 8.63. The second kappa shape index (κ2) is 5.60. The van der Waals surface area contributed by atoms with Crippen LogP contribution >= 0.6 is 11.6 Å². The molecule has 0 saturated heterocycles. The Labute approximate surface area is 110 Å². The maximum Gasteiger partial charge on any atom is 0.230 e. The summed E-state index contributed by atoms with van der Waals surface area (Å²) in [5.41, 5.74) is 1.86. The number of hydrogen-bond acceptors (Lipinski definition) is 3. The molecule has 0 aromatic carbocycles. The van der Waals surface area contributed by atoms with Crippen LogP contribution in [0.25, 0.3) is 0 Å². The summed E-state index contributed by atoms with van der Waals surface area (Å²) in [5, 5.41) is 3.14. The van der Waals surface area contributed by atoms with Gasteiger partial charge in [0.05, 0.1) is 6.42 Å². The van der Waals surface area contributed by atoms with Crippen molar-refractivity contribution in [2.24, 2.45) is 0 Å². The van der Waals surface area contributed by atoms with Gasteiger partial charge in [0.15, 0.2) is 0 Å². The number of nitrogens with zero attached hydrogens (tertiary/aromatic N) is 2. The summed E-state index contributed by atoms with van der Waals surface area (Å²) < 4.78 is 0. The molecule has 0 atom stereocenters. The Morgan fingerprint density at radius 1 is 1.22 bits per heavy atom. The van der Waals surface area contributed by atoms with Gasteiger partial charge in [0.1, 0.15) is 11.0 Å². The summed E-state index contributed by atoms with van der Waals surface area (Å²) in [4.78, 5) is 19.8. The number of carbonyl (C=O) groups excluding carboxylic acids is 1. The number of hydrogen-bond donors (Lipinski definition) is 1. The van der Waals surface area contributed by atoms with E-state index in [0.29, 0.717) is 11.0 Å². The molecule has 92 valence electrons. The number of amides is 1. The number of rotatable bonds is 3. The summed E-state index contributed by atoms with van der Waals surface area (Å²) in [6.45, 7) is 1.94. The molecular formula is C13H12ClN3O. The van der Waals surface area contributed by atoms with Crippen molar-refractivity contribution in [2.45, 2.75) is 13.3 Å². The van der Waals surface area contributed by atoms with Crippen LogP contribution in [0.3, 0.4) is 0 Å². The van der Waals surface area contributed by atoms with E-state index in [1.54, 1.807) is 30.6 Å². The van der Waals surface area contributed by atoms with Gasteiger partial charge >= 0.3 is 0 Å².